The third-order valence-electron chi connectivity index (χ3n) is 4.87. The van der Waals surface area contributed by atoms with E-state index in [9.17, 15) is 19.2 Å². The molecule has 1 fully saturated rings. The third kappa shape index (κ3) is 6.39. The first-order valence-electron chi connectivity index (χ1n) is 10.3. The number of esters is 3. The summed E-state index contributed by atoms with van der Waals surface area (Å²) in [5.41, 5.74) is 1.70. The number of anilines is 1. The minimum atomic E-state index is -0.865. The van der Waals surface area contributed by atoms with E-state index >= 15 is 0 Å². The second-order valence-corrected chi connectivity index (χ2v) is 7.16. The first kappa shape index (κ1) is 23.0. The molecule has 0 radical (unpaired) electrons. The molecule has 1 heterocycles. The van der Waals surface area contributed by atoms with E-state index in [0.717, 1.165) is 12.0 Å². The number of carbonyl (C=O) groups excluding carboxylic acids is 4. The zero-order valence-electron chi connectivity index (χ0n) is 17.6. The highest BCUT2D eigenvalue weighted by atomic mass is 16.6. The molecule has 0 saturated carbocycles. The highest BCUT2D eigenvalue weighted by molar-refractivity contribution is 5.96. The molecule has 0 spiro atoms. The van der Waals surface area contributed by atoms with Crippen LogP contribution in [0.1, 0.15) is 41.7 Å². The Morgan fingerprint density at radius 2 is 1.81 bits per heavy atom. The Morgan fingerprint density at radius 3 is 2.56 bits per heavy atom. The Balaban J connectivity index is 1.42. The summed E-state index contributed by atoms with van der Waals surface area (Å²) in [6.45, 7) is 1.45. The lowest BCUT2D eigenvalue weighted by Crippen LogP contribution is -2.39. The van der Waals surface area contributed by atoms with Crippen molar-refractivity contribution in [2.24, 2.45) is 0 Å². The van der Waals surface area contributed by atoms with Crippen LogP contribution in [0.25, 0.3) is 0 Å². The molecule has 9 nitrogen and oxygen atoms in total. The van der Waals surface area contributed by atoms with Crippen LogP contribution in [0.2, 0.25) is 0 Å². The molecule has 0 bridgehead atoms. The van der Waals surface area contributed by atoms with Gasteiger partial charge in [0.25, 0.3) is 0 Å². The molecule has 9 heteroatoms. The van der Waals surface area contributed by atoms with E-state index in [-0.39, 0.29) is 18.2 Å². The Hall–Kier alpha value is -3.72. The van der Waals surface area contributed by atoms with Crippen molar-refractivity contribution in [3.8, 4) is 0 Å². The molecule has 2 atom stereocenters. The van der Waals surface area contributed by atoms with Crippen LogP contribution < -0.4 is 16.0 Å². The minimum absolute atomic E-state index is 0.0260. The first-order chi connectivity index (χ1) is 15.5. The Morgan fingerprint density at radius 1 is 1.03 bits per heavy atom. The lowest BCUT2D eigenvalue weighted by atomic mass is 10.1. The van der Waals surface area contributed by atoms with Crippen LogP contribution in [-0.2, 0) is 19.1 Å². The van der Waals surface area contributed by atoms with Crippen molar-refractivity contribution < 1.29 is 28.7 Å². The first-order valence-corrected chi connectivity index (χ1v) is 10.3. The van der Waals surface area contributed by atoms with Crippen LogP contribution >= 0.6 is 0 Å². The second kappa shape index (κ2) is 11.1. The van der Waals surface area contributed by atoms with Gasteiger partial charge in [-0.1, -0.05) is 36.4 Å². The van der Waals surface area contributed by atoms with Gasteiger partial charge < -0.3 is 20.1 Å². The van der Waals surface area contributed by atoms with Gasteiger partial charge >= 0.3 is 23.9 Å². The fraction of sp³-hybridized carbons (Fsp3) is 0.304. The van der Waals surface area contributed by atoms with Gasteiger partial charge in [0.05, 0.1) is 12.2 Å². The molecule has 168 valence electrons. The quantitative estimate of drug-likeness (QED) is 0.448. The molecule has 0 aromatic heterocycles. The van der Waals surface area contributed by atoms with E-state index in [1.54, 1.807) is 25.1 Å². The number of benzene rings is 2. The van der Waals surface area contributed by atoms with E-state index < -0.39 is 36.5 Å². The molecule has 0 aliphatic carbocycles. The van der Waals surface area contributed by atoms with Crippen LogP contribution in [0, 0.1) is 0 Å². The standard InChI is InChI=1S/C23H25N3O6/c1-2-31-21(28)16-9-6-10-17(13-16)25-23(30)24-14-20(27)32-22(29)19-12-11-18(26-19)15-7-4-3-5-8-15/h3-10,13,18-19,26H,2,11-12,14H2,1H3,(H2,24,25,30)/t18?,19-/m0/s1. The highest BCUT2D eigenvalue weighted by Gasteiger charge is 2.32. The number of hydrogen-bond donors (Lipinski definition) is 3. The average molecular weight is 439 g/mol. The maximum Gasteiger partial charge on any atom is 0.338 e. The van der Waals surface area contributed by atoms with Gasteiger partial charge in [0.2, 0.25) is 0 Å². The lowest BCUT2D eigenvalue weighted by molar-refractivity contribution is -0.160. The zero-order valence-corrected chi connectivity index (χ0v) is 17.6. The van der Waals surface area contributed by atoms with Crippen LogP contribution in [0.3, 0.4) is 0 Å². The molecule has 2 aromatic carbocycles. The van der Waals surface area contributed by atoms with Crippen LogP contribution in [0.5, 0.6) is 0 Å². The zero-order chi connectivity index (χ0) is 22.9. The molecule has 1 aliphatic rings. The monoisotopic (exact) mass is 439 g/mol. The van der Waals surface area contributed by atoms with Crippen molar-refractivity contribution >= 4 is 29.6 Å². The summed E-state index contributed by atoms with van der Waals surface area (Å²) >= 11 is 0. The summed E-state index contributed by atoms with van der Waals surface area (Å²) in [4.78, 5) is 48.0. The van der Waals surface area contributed by atoms with Crippen LogP contribution in [0.15, 0.2) is 54.6 Å². The van der Waals surface area contributed by atoms with Crippen molar-refractivity contribution in [1.29, 1.82) is 0 Å². The Kier molecular flexibility index (Phi) is 7.93. The summed E-state index contributed by atoms with van der Waals surface area (Å²) < 4.78 is 9.76. The number of ether oxygens (including phenoxy) is 2. The van der Waals surface area contributed by atoms with Gasteiger partial charge in [0.15, 0.2) is 0 Å². The summed E-state index contributed by atoms with van der Waals surface area (Å²) in [5.74, 6) is -2.04. The number of nitrogens with one attached hydrogen (secondary N) is 3. The van der Waals surface area contributed by atoms with E-state index in [4.69, 9.17) is 9.47 Å². The molecule has 3 N–H and O–H groups in total. The Labute approximate surface area is 185 Å². The summed E-state index contributed by atoms with van der Waals surface area (Å²) in [6, 6.07) is 14.7. The predicted molar refractivity (Wildman–Crippen MR) is 116 cm³/mol. The van der Waals surface area contributed by atoms with Crippen molar-refractivity contribution in [1.82, 2.24) is 10.6 Å². The lowest BCUT2D eigenvalue weighted by Gasteiger charge is -2.14. The van der Waals surface area contributed by atoms with Gasteiger partial charge in [0, 0.05) is 11.7 Å². The molecule has 2 aromatic rings. The fourth-order valence-corrected chi connectivity index (χ4v) is 3.36. The van der Waals surface area contributed by atoms with Crippen molar-refractivity contribution in [2.75, 3.05) is 18.5 Å². The van der Waals surface area contributed by atoms with Gasteiger partial charge in [-0.25, -0.2) is 19.2 Å². The highest BCUT2D eigenvalue weighted by Crippen LogP contribution is 2.26. The smallest absolute Gasteiger partial charge is 0.338 e. The van der Waals surface area contributed by atoms with Gasteiger partial charge in [-0.05, 0) is 43.5 Å². The topological polar surface area (TPSA) is 123 Å². The minimum Gasteiger partial charge on any atom is -0.462 e. The maximum atomic E-state index is 12.2. The van der Waals surface area contributed by atoms with Crippen molar-refractivity contribution in [3.63, 3.8) is 0 Å². The second-order valence-electron chi connectivity index (χ2n) is 7.16. The summed E-state index contributed by atoms with van der Waals surface area (Å²) in [5, 5.41) is 8.00. The number of carbonyl (C=O) groups is 4. The maximum absolute atomic E-state index is 12.2. The van der Waals surface area contributed by atoms with Crippen LogP contribution in [-0.4, -0.2) is 43.1 Å². The van der Waals surface area contributed by atoms with Gasteiger partial charge in [0.1, 0.15) is 12.6 Å². The predicted octanol–water partition coefficient (Wildman–Crippen LogP) is 2.55. The molecule has 1 saturated heterocycles. The van der Waals surface area contributed by atoms with Crippen molar-refractivity contribution in [2.45, 2.75) is 31.8 Å². The molecule has 32 heavy (non-hydrogen) atoms. The fourth-order valence-electron chi connectivity index (χ4n) is 3.36. The SMILES string of the molecule is CCOC(=O)c1cccc(NC(=O)NCC(=O)OC(=O)[C@@H]2CCC(c3ccccc3)N2)c1. The van der Waals surface area contributed by atoms with E-state index in [1.807, 2.05) is 30.3 Å². The van der Waals surface area contributed by atoms with Gasteiger partial charge in [-0.15, -0.1) is 0 Å². The number of hydrogen-bond acceptors (Lipinski definition) is 7. The average Bonchev–Trinajstić information content (AvgIpc) is 3.29. The molecule has 1 unspecified atom stereocenters. The third-order valence-corrected chi connectivity index (χ3v) is 4.87. The van der Waals surface area contributed by atoms with Gasteiger partial charge in [-0.2, -0.15) is 0 Å². The Bertz CT molecular complexity index is 979. The number of amides is 2. The molecule has 3 rings (SSSR count). The van der Waals surface area contributed by atoms with Crippen LogP contribution in [0.4, 0.5) is 10.5 Å². The van der Waals surface area contributed by atoms with Crippen molar-refractivity contribution in [3.05, 3.63) is 65.7 Å². The molecule has 1 aliphatic heterocycles. The van der Waals surface area contributed by atoms with E-state index in [2.05, 4.69) is 16.0 Å². The van der Waals surface area contributed by atoms with E-state index in [0.29, 0.717) is 12.1 Å². The normalized spacial score (nSPS) is 17.3. The molecular formula is C23H25N3O6. The molecule has 2 amide bonds. The number of urea groups is 1. The summed E-state index contributed by atoms with van der Waals surface area (Å²) in [6.07, 6.45) is 1.31. The number of rotatable bonds is 7. The van der Waals surface area contributed by atoms with E-state index in [1.165, 1.54) is 6.07 Å². The summed E-state index contributed by atoms with van der Waals surface area (Å²) in [7, 11) is 0. The molecular weight excluding hydrogens is 414 g/mol. The largest absolute Gasteiger partial charge is 0.462 e. The van der Waals surface area contributed by atoms with Gasteiger partial charge in [-0.3, -0.25) is 5.32 Å².